The second-order valence-electron chi connectivity index (χ2n) is 5.99. The number of rotatable bonds is 12. The summed E-state index contributed by atoms with van der Waals surface area (Å²) in [6, 6.07) is 0. The molecule has 2 saturated heterocycles. The molecule has 0 aliphatic carbocycles. The molecule has 2 aliphatic heterocycles. The SMILES string of the molecule is O=[PH](OCCCOC1CCCCO1)OCCCOC1CCCCO1. The van der Waals surface area contributed by atoms with Crippen molar-refractivity contribution in [2.45, 2.75) is 63.9 Å². The van der Waals surface area contributed by atoms with E-state index in [0.29, 0.717) is 39.3 Å². The first kappa shape index (κ1) is 20.3. The number of hydrogen-bond acceptors (Lipinski definition) is 7. The molecule has 2 unspecified atom stereocenters. The van der Waals surface area contributed by atoms with Crippen molar-refractivity contribution >= 4 is 8.25 Å². The van der Waals surface area contributed by atoms with Gasteiger partial charge in [-0.15, -0.1) is 0 Å². The average Bonchev–Trinajstić information content (AvgIpc) is 2.63. The third-order valence-electron chi connectivity index (χ3n) is 3.90. The van der Waals surface area contributed by atoms with Crippen molar-refractivity contribution in [2.75, 3.05) is 39.6 Å². The number of ether oxygens (including phenoxy) is 4. The fourth-order valence-electron chi connectivity index (χ4n) is 2.59. The van der Waals surface area contributed by atoms with E-state index in [1.807, 2.05) is 0 Å². The van der Waals surface area contributed by atoms with Crippen molar-refractivity contribution in [2.24, 2.45) is 0 Å². The predicted octanol–water partition coefficient (Wildman–Crippen LogP) is 3.28. The van der Waals surface area contributed by atoms with Crippen LogP contribution >= 0.6 is 8.25 Å². The standard InChI is InChI=1S/C16H31O7P/c17-24(22-13-5-11-20-15-7-1-3-9-18-15)23-14-6-12-21-16-8-2-4-10-19-16/h15-16,24H,1-14H2. The highest BCUT2D eigenvalue weighted by atomic mass is 31.1. The van der Waals surface area contributed by atoms with Crippen LogP contribution in [0.4, 0.5) is 0 Å². The maximum absolute atomic E-state index is 11.6. The van der Waals surface area contributed by atoms with E-state index in [2.05, 4.69) is 0 Å². The van der Waals surface area contributed by atoms with Crippen molar-refractivity contribution in [1.82, 2.24) is 0 Å². The molecule has 2 heterocycles. The van der Waals surface area contributed by atoms with Gasteiger partial charge in [-0.1, -0.05) is 0 Å². The van der Waals surface area contributed by atoms with Crippen LogP contribution < -0.4 is 0 Å². The molecule has 142 valence electrons. The molecule has 0 spiro atoms. The molecule has 2 aliphatic rings. The van der Waals surface area contributed by atoms with E-state index in [0.717, 1.165) is 51.7 Å². The predicted molar refractivity (Wildman–Crippen MR) is 89.2 cm³/mol. The molecule has 0 N–H and O–H groups in total. The maximum Gasteiger partial charge on any atom is 0.319 e. The van der Waals surface area contributed by atoms with Crippen molar-refractivity contribution in [3.05, 3.63) is 0 Å². The van der Waals surface area contributed by atoms with Crippen LogP contribution in [0.1, 0.15) is 51.4 Å². The Morgan fingerprint density at radius 3 is 1.67 bits per heavy atom. The van der Waals surface area contributed by atoms with Crippen LogP contribution in [0, 0.1) is 0 Å². The zero-order chi connectivity index (χ0) is 16.9. The Morgan fingerprint density at radius 1 is 0.750 bits per heavy atom. The Bertz CT molecular complexity index is 300. The van der Waals surface area contributed by atoms with Crippen LogP contribution in [-0.4, -0.2) is 52.2 Å². The third kappa shape index (κ3) is 9.47. The van der Waals surface area contributed by atoms with Gasteiger partial charge in [0.2, 0.25) is 0 Å². The first-order chi connectivity index (χ1) is 11.8. The summed E-state index contributed by atoms with van der Waals surface area (Å²) in [6.45, 7) is 3.40. The Hall–Kier alpha value is -0.0100. The van der Waals surface area contributed by atoms with E-state index in [4.69, 9.17) is 28.0 Å². The van der Waals surface area contributed by atoms with Gasteiger partial charge in [0.05, 0.1) is 26.4 Å². The lowest BCUT2D eigenvalue weighted by atomic mass is 10.2. The van der Waals surface area contributed by atoms with Crippen molar-refractivity contribution < 1.29 is 32.6 Å². The molecule has 0 aromatic heterocycles. The summed E-state index contributed by atoms with van der Waals surface area (Å²) in [5.41, 5.74) is 0. The molecule has 2 fully saturated rings. The lowest BCUT2D eigenvalue weighted by Crippen LogP contribution is -2.23. The maximum atomic E-state index is 11.6. The normalized spacial score (nSPS) is 26.3. The summed E-state index contributed by atoms with van der Waals surface area (Å²) < 4.78 is 44.0. The van der Waals surface area contributed by atoms with Gasteiger partial charge in [0.15, 0.2) is 12.6 Å². The van der Waals surface area contributed by atoms with Crippen molar-refractivity contribution in [3.63, 3.8) is 0 Å². The Balaban J connectivity index is 1.34. The van der Waals surface area contributed by atoms with Crippen LogP contribution in [0.25, 0.3) is 0 Å². The molecular formula is C16H31O7P. The van der Waals surface area contributed by atoms with Gasteiger partial charge in [0.1, 0.15) is 0 Å². The summed E-state index contributed by atoms with van der Waals surface area (Å²) in [5, 5.41) is 0. The van der Waals surface area contributed by atoms with E-state index in [1.165, 1.54) is 0 Å². The quantitative estimate of drug-likeness (QED) is 0.388. The zero-order valence-corrected chi connectivity index (χ0v) is 15.4. The minimum Gasteiger partial charge on any atom is -0.353 e. The lowest BCUT2D eigenvalue weighted by Gasteiger charge is -2.22. The van der Waals surface area contributed by atoms with E-state index in [-0.39, 0.29) is 12.6 Å². The highest BCUT2D eigenvalue weighted by molar-refractivity contribution is 7.33. The largest absolute Gasteiger partial charge is 0.353 e. The fraction of sp³-hybridized carbons (Fsp3) is 1.00. The van der Waals surface area contributed by atoms with Gasteiger partial charge in [0, 0.05) is 13.2 Å². The van der Waals surface area contributed by atoms with Gasteiger partial charge in [-0.05, 0) is 51.4 Å². The molecule has 24 heavy (non-hydrogen) atoms. The summed E-state index contributed by atoms with van der Waals surface area (Å²) in [7, 11) is -2.42. The van der Waals surface area contributed by atoms with E-state index >= 15 is 0 Å². The van der Waals surface area contributed by atoms with Gasteiger partial charge in [-0.25, -0.2) is 0 Å². The van der Waals surface area contributed by atoms with Crippen molar-refractivity contribution in [3.8, 4) is 0 Å². The van der Waals surface area contributed by atoms with Crippen LogP contribution in [-0.2, 0) is 32.6 Å². The first-order valence-corrected chi connectivity index (χ1v) is 10.3. The Labute approximate surface area is 145 Å². The molecule has 7 nitrogen and oxygen atoms in total. The molecule has 0 aromatic rings. The molecule has 0 radical (unpaired) electrons. The summed E-state index contributed by atoms with van der Waals surface area (Å²) in [4.78, 5) is 0. The Morgan fingerprint density at radius 2 is 1.25 bits per heavy atom. The molecule has 0 saturated carbocycles. The summed E-state index contributed by atoms with van der Waals surface area (Å²) >= 11 is 0. The van der Waals surface area contributed by atoms with Gasteiger partial charge >= 0.3 is 8.25 Å². The highest BCUT2D eigenvalue weighted by Gasteiger charge is 2.14. The fourth-order valence-corrected chi connectivity index (χ4v) is 3.29. The van der Waals surface area contributed by atoms with Crippen LogP contribution in [0.5, 0.6) is 0 Å². The zero-order valence-electron chi connectivity index (χ0n) is 14.4. The number of hydrogen-bond donors (Lipinski definition) is 0. The van der Waals surface area contributed by atoms with E-state index < -0.39 is 8.25 Å². The average molecular weight is 366 g/mol. The minimum atomic E-state index is -2.42. The van der Waals surface area contributed by atoms with Crippen LogP contribution in [0.2, 0.25) is 0 Å². The smallest absolute Gasteiger partial charge is 0.319 e. The van der Waals surface area contributed by atoms with Gasteiger partial charge in [-0.3, -0.25) is 4.57 Å². The molecule has 8 heteroatoms. The van der Waals surface area contributed by atoms with Gasteiger partial charge in [-0.2, -0.15) is 0 Å². The Kier molecular flexibility index (Phi) is 11.2. The van der Waals surface area contributed by atoms with E-state index in [9.17, 15) is 4.57 Å². The van der Waals surface area contributed by atoms with E-state index in [1.54, 1.807) is 0 Å². The molecule has 2 atom stereocenters. The van der Waals surface area contributed by atoms with Crippen LogP contribution in [0.15, 0.2) is 0 Å². The monoisotopic (exact) mass is 366 g/mol. The first-order valence-electron chi connectivity index (χ1n) is 9.10. The van der Waals surface area contributed by atoms with Gasteiger partial charge < -0.3 is 28.0 Å². The topological polar surface area (TPSA) is 72.5 Å². The minimum absolute atomic E-state index is 0.0832. The van der Waals surface area contributed by atoms with Gasteiger partial charge in [0.25, 0.3) is 0 Å². The molecule has 0 bridgehead atoms. The molecule has 0 amide bonds. The van der Waals surface area contributed by atoms with Crippen LogP contribution in [0.3, 0.4) is 0 Å². The summed E-state index contributed by atoms with van der Waals surface area (Å²) in [6.07, 6.45) is 7.63. The third-order valence-corrected chi connectivity index (χ3v) is 4.78. The molecule has 0 aromatic carbocycles. The highest BCUT2D eigenvalue weighted by Crippen LogP contribution is 2.24. The summed E-state index contributed by atoms with van der Waals surface area (Å²) in [5.74, 6) is 0. The van der Waals surface area contributed by atoms with Crippen molar-refractivity contribution in [1.29, 1.82) is 0 Å². The molecule has 2 rings (SSSR count). The lowest BCUT2D eigenvalue weighted by molar-refractivity contribution is -0.163. The second kappa shape index (κ2) is 13.2. The molecular weight excluding hydrogens is 335 g/mol. The second-order valence-corrected chi connectivity index (χ2v) is 7.07.